The molecule has 8 aromatic heterocycles. The summed E-state index contributed by atoms with van der Waals surface area (Å²) in [4.78, 5) is 58.7. The van der Waals surface area contributed by atoms with Crippen LogP contribution in [-0.2, 0) is 31.5 Å². The van der Waals surface area contributed by atoms with Crippen LogP contribution in [0.15, 0.2) is 235 Å². The van der Waals surface area contributed by atoms with Gasteiger partial charge in [0.2, 0.25) is 47.6 Å². The van der Waals surface area contributed by atoms with E-state index in [1.165, 1.54) is 103 Å². The lowest BCUT2D eigenvalue weighted by Gasteiger charge is -2.34. The zero-order valence-corrected chi connectivity index (χ0v) is 61.8. The molecule has 14 heterocycles. The molecule has 37 heteroatoms. The van der Waals surface area contributed by atoms with E-state index in [-0.39, 0.29) is 74.3 Å². The standard InChI is InChI=1S/C28H20F5N5O6S.2C27H15F3N6O/c1-26(2,3)43-25(39)36-24-37-27(23-35-9-10-38(23)24)17-11-14(16-5-4-8-34-22(16)30)6-7-20(17)42-21-18(27)12-15(13-19(21)29)44-45(40,41)28(31,32)33;2*28-20-12-16(14-5-7-32-22(29)13-14)11-19-23(20)37-21-4-3-15(17-2-1-6-33-24(17)30)10-18(21)27(19)25-34-8-9-36(25)26(31)35-27/h4-13H,1-3H3,(H,36,37,39);2*1-13H,(H2,31,35)/t;2*27-/m.10/s1. The number of aromatic nitrogens is 11. The topological polar surface area (TPSA) is 316 Å². The molecule has 6 aromatic carbocycles. The van der Waals surface area contributed by atoms with Gasteiger partial charge < -0.3 is 34.6 Å². The minimum atomic E-state index is -6.22. The summed E-state index contributed by atoms with van der Waals surface area (Å²) in [7, 11) is -6.22. The molecule has 6 aliphatic heterocycles. The monoisotopic (exact) mass is 1640 g/mol. The van der Waals surface area contributed by atoms with E-state index in [1.54, 1.807) is 140 Å². The fourth-order valence-electron chi connectivity index (χ4n) is 15.0. The Bertz CT molecular complexity index is 6610. The molecule has 0 saturated heterocycles. The van der Waals surface area contributed by atoms with Crippen molar-refractivity contribution in [3.8, 4) is 95.9 Å². The van der Waals surface area contributed by atoms with Gasteiger partial charge >= 0.3 is 21.7 Å². The summed E-state index contributed by atoms with van der Waals surface area (Å²) in [5.74, 6) is -6.33. The third-order valence-corrected chi connectivity index (χ3v) is 20.9. The van der Waals surface area contributed by atoms with Gasteiger partial charge in [-0.1, -0.05) is 18.2 Å². The van der Waals surface area contributed by atoms with Gasteiger partial charge in [-0.3, -0.25) is 19.0 Å². The first-order valence-corrected chi connectivity index (χ1v) is 36.8. The fraction of sp³-hybridized carbons (Fsp3) is 0.0976. The maximum absolute atomic E-state index is 15.6. The molecule has 20 rings (SSSR count). The second kappa shape index (κ2) is 27.6. The number of hydrogen-bond donors (Lipinski definition) is 3. The number of carbonyl (C=O) groups is 1. The summed E-state index contributed by atoms with van der Waals surface area (Å²) in [5, 5.41) is 2.49. The number of benzene rings is 6. The smallest absolute Gasteiger partial charge is 0.453 e. The molecule has 0 fully saturated rings. The van der Waals surface area contributed by atoms with Crippen LogP contribution in [0.25, 0.3) is 55.6 Å². The van der Waals surface area contributed by atoms with Crippen molar-refractivity contribution in [3.05, 3.63) is 318 Å². The Balaban J connectivity index is 0.000000123. The van der Waals surface area contributed by atoms with Crippen LogP contribution in [0.5, 0.6) is 40.2 Å². The van der Waals surface area contributed by atoms with E-state index in [4.69, 9.17) is 40.4 Å². The maximum Gasteiger partial charge on any atom is 0.534 e. The molecule has 3 spiro atoms. The number of rotatable bonds is 7. The van der Waals surface area contributed by atoms with Crippen molar-refractivity contribution in [1.82, 2.24) is 58.9 Å². The lowest BCUT2D eigenvalue weighted by Crippen LogP contribution is -2.38. The molecule has 1 unspecified atom stereocenters. The summed E-state index contributed by atoms with van der Waals surface area (Å²) in [5.41, 5.74) is 5.91. The second-order valence-corrected chi connectivity index (χ2v) is 29.7. The van der Waals surface area contributed by atoms with E-state index in [2.05, 4.69) is 54.4 Å². The zero-order chi connectivity index (χ0) is 83.1. The summed E-state index contributed by atoms with van der Waals surface area (Å²) in [6.07, 6.45) is 14.8. The Labute approximate surface area is 663 Å². The highest BCUT2D eigenvalue weighted by Gasteiger charge is 2.57. The van der Waals surface area contributed by atoms with Crippen LogP contribution in [0, 0.1) is 47.2 Å². The van der Waals surface area contributed by atoms with Crippen LogP contribution in [-0.4, -0.2) is 97.1 Å². The van der Waals surface area contributed by atoms with Gasteiger partial charge in [0.15, 0.2) is 68.8 Å². The Kier molecular flexibility index (Phi) is 17.5. The number of hydrogen-bond acceptors (Lipinski definition) is 21. The third-order valence-electron chi connectivity index (χ3n) is 19.9. The molecule has 14 aromatic rings. The molecule has 0 radical (unpaired) electrons. The number of carbonyl (C=O) groups excluding carboxylic acids is 1. The molecule has 0 aliphatic carbocycles. The minimum absolute atomic E-state index is 0.0113. The quantitative estimate of drug-likeness (QED) is 0.0578. The maximum atomic E-state index is 15.6. The molecular formula is C82H50F11N17O8S. The van der Waals surface area contributed by atoms with Crippen LogP contribution < -0.4 is 35.2 Å². The summed E-state index contributed by atoms with van der Waals surface area (Å²) in [6.45, 7) is 4.86. The largest absolute Gasteiger partial charge is 0.534 e. The van der Waals surface area contributed by atoms with Gasteiger partial charge in [0.1, 0.15) is 28.6 Å². The van der Waals surface area contributed by atoms with E-state index in [0.717, 1.165) is 6.07 Å². The molecular weight excluding hydrogens is 1590 g/mol. The summed E-state index contributed by atoms with van der Waals surface area (Å²) < 4.78 is 214. The number of amides is 1. The predicted octanol–water partition coefficient (Wildman–Crippen LogP) is 15.6. The molecule has 6 aliphatic rings. The first-order chi connectivity index (χ1) is 56.9. The highest BCUT2D eigenvalue weighted by atomic mass is 32.2. The number of pyridine rings is 5. The summed E-state index contributed by atoms with van der Waals surface area (Å²) >= 11 is 0. The molecule has 119 heavy (non-hydrogen) atoms. The van der Waals surface area contributed by atoms with Crippen LogP contribution >= 0.6 is 0 Å². The Hall–Kier alpha value is -15.0. The Morgan fingerprint density at radius 1 is 0.420 bits per heavy atom. The molecule has 25 nitrogen and oxygen atoms in total. The first kappa shape index (κ1) is 75.3. The number of imidazole rings is 3. The number of halogens is 11. The lowest BCUT2D eigenvalue weighted by atomic mass is 9.78. The van der Waals surface area contributed by atoms with Gasteiger partial charge in [-0.25, -0.2) is 72.8 Å². The lowest BCUT2D eigenvalue weighted by molar-refractivity contribution is -0.0500. The zero-order valence-electron chi connectivity index (χ0n) is 61.0. The molecule has 3 atom stereocenters. The number of alkyl halides is 3. The van der Waals surface area contributed by atoms with Crippen molar-refractivity contribution in [3.63, 3.8) is 0 Å². The van der Waals surface area contributed by atoms with Gasteiger partial charge in [-0.05, 0) is 175 Å². The van der Waals surface area contributed by atoms with Crippen LogP contribution in [0.2, 0.25) is 0 Å². The number of nitrogens with one attached hydrogen (secondary N) is 1. The fourth-order valence-corrected chi connectivity index (χ4v) is 15.4. The van der Waals surface area contributed by atoms with E-state index < -0.39 is 103 Å². The van der Waals surface area contributed by atoms with Crippen molar-refractivity contribution in [2.24, 2.45) is 26.4 Å². The number of ether oxygens (including phenoxy) is 4. The predicted molar refractivity (Wildman–Crippen MR) is 403 cm³/mol. The highest BCUT2D eigenvalue weighted by Crippen LogP contribution is 2.60. The number of aliphatic imine (C=N–C) groups is 3. The average molecular weight is 1640 g/mol. The van der Waals surface area contributed by atoms with Crippen molar-refractivity contribution >= 4 is 34.1 Å². The third kappa shape index (κ3) is 12.4. The van der Waals surface area contributed by atoms with E-state index >= 15 is 13.2 Å². The van der Waals surface area contributed by atoms with Crippen LogP contribution in [0.3, 0.4) is 0 Å². The normalized spacial score (nSPS) is 17.1. The molecule has 0 bridgehead atoms. The number of fused-ring (bicyclic) bond motifs is 18. The van der Waals surface area contributed by atoms with E-state index in [9.17, 15) is 48.3 Å². The SMILES string of the molecule is CC(C)(C)OC(=O)NC1=NC2(c3cc(-c4cccnc4F)ccc3Oc3c(F)cc(OS(=O)(=O)C(F)(F)F)cc32)c2nccn21.NC1=N[C@@]2(c3cc(-c4cccnc4F)ccc3Oc3c(F)cc(-c4ccnc(F)c4)cc32)c2nccn21.NC1=N[C@]2(c3cc(-c4cccnc4F)ccc3Oc3c(F)cc(-c4ccnc(F)c4)cc32)c2nccn21. The van der Waals surface area contributed by atoms with Crippen molar-refractivity contribution < 1.29 is 84.6 Å². The van der Waals surface area contributed by atoms with Crippen molar-refractivity contribution in [2.45, 2.75) is 48.5 Å². The van der Waals surface area contributed by atoms with Gasteiger partial charge in [-0.15, -0.1) is 0 Å². The number of alkyl carbamates (subject to hydrolysis) is 1. The highest BCUT2D eigenvalue weighted by molar-refractivity contribution is 7.88. The van der Waals surface area contributed by atoms with Crippen LogP contribution in [0.4, 0.5) is 53.1 Å². The first-order valence-electron chi connectivity index (χ1n) is 35.4. The second-order valence-electron chi connectivity index (χ2n) is 28.1. The molecule has 594 valence electrons. The minimum Gasteiger partial charge on any atom is -0.453 e. The molecule has 5 N–H and O–H groups in total. The Morgan fingerprint density at radius 3 is 1.19 bits per heavy atom. The van der Waals surface area contributed by atoms with Gasteiger partial charge in [-0.2, -0.15) is 43.5 Å². The van der Waals surface area contributed by atoms with Gasteiger partial charge in [0.05, 0.1) is 0 Å². The number of nitrogens with two attached hydrogens (primary N) is 2. The van der Waals surface area contributed by atoms with Crippen molar-refractivity contribution in [1.29, 1.82) is 0 Å². The van der Waals surface area contributed by atoms with E-state index in [0.29, 0.717) is 84.8 Å². The average Bonchev–Trinajstić information content (AvgIpc) is 1.61. The van der Waals surface area contributed by atoms with Gasteiger partial charge in [0, 0.05) is 136 Å². The summed E-state index contributed by atoms with van der Waals surface area (Å²) in [6, 6.07) is 36.4. The van der Waals surface area contributed by atoms with Gasteiger partial charge in [0.25, 0.3) is 0 Å². The number of nitrogens with zero attached hydrogens (tertiary/aromatic N) is 14. The van der Waals surface area contributed by atoms with E-state index in [1.807, 2.05) is 0 Å². The molecule has 0 saturated carbocycles. The molecule has 1 amide bonds. The van der Waals surface area contributed by atoms with Crippen LogP contribution in [0.1, 0.15) is 71.6 Å². The van der Waals surface area contributed by atoms with Crippen molar-refractivity contribution in [2.75, 3.05) is 0 Å². The Morgan fingerprint density at radius 2 is 0.798 bits per heavy atom.